The molecule has 2 aromatic carbocycles. The summed E-state index contributed by atoms with van der Waals surface area (Å²) in [7, 11) is 2.89. The summed E-state index contributed by atoms with van der Waals surface area (Å²) >= 11 is 5.27. The highest BCUT2D eigenvalue weighted by atomic mass is 32.1. The van der Waals surface area contributed by atoms with Crippen molar-refractivity contribution in [2.24, 2.45) is 0 Å². The summed E-state index contributed by atoms with van der Waals surface area (Å²) < 4.78 is 11.9. The number of nitrogens with one attached hydrogen (secondary N) is 1. The molecular formula is C26H23N3O5S. The molecule has 3 aromatic rings. The predicted octanol–water partition coefficient (Wildman–Crippen LogP) is 3.72. The van der Waals surface area contributed by atoms with Gasteiger partial charge < -0.3 is 14.0 Å². The number of methoxy groups -OCH3 is 2. The molecule has 0 spiro atoms. The number of benzene rings is 2. The molecule has 0 atom stereocenters. The number of aryl methyl sites for hydroxylation is 1. The molecule has 0 saturated carbocycles. The first kappa shape index (κ1) is 23.9. The maximum absolute atomic E-state index is 13.3. The first-order valence-corrected chi connectivity index (χ1v) is 11.1. The van der Waals surface area contributed by atoms with Crippen LogP contribution in [-0.4, -0.2) is 41.7 Å². The van der Waals surface area contributed by atoms with E-state index in [1.165, 1.54) is 12.0 Å². The molecule has 0 unspecified atom stereocenters. The summed E-state index contributed by atoms with van der Waals surface area (Å²) in [5.41, 5.74) is 4.19. The Balaban J connectivity index is 1.70. The fraction of sp³-hybridized carbons (Fsp3) is 0.154. The number of anilines is 1. The smallest absolute Gasteiger partial charge is 0.337 e. The Morgan fingerprint density at radius 3 is 2.20 bits per heavy atom. The van der Waals surface area contributed by atoms with Crippen LogP contribution in [0, 0.1) is 13.8 Å². The molecule has 35 heavy (non-hydrogen) atoms. The van der Waals surface area contributed by atoms with Crippen molar-refractivity contribution in [1.29, 1.82) is 0 Å². The first-order valence-electron chi connectivity index (χ1n) is 10.7. The highest BCUT2D eigenvalue weighted by molar-refractivity contribution is 7.80. The number of esters is 1. The molecule has 1 aliphatic heterocycles. The van der Waals surface area contributed by atoms with Gasteiger partial charge in [-0.1, -0.05) is 0 Å². The summed E-state index contributed by atoms with van der Waals surface area (Å²) in [5, 5.41) is 2.61. The van der Waals surface area contributed by atoms with Gasteiger partial charge in [-0.3, -0.25) is 19.8 Å². The van der Waals surface area contributed by atoms with Gasteiger partial charge >= 0.3 is 5.97 Å². The van der Waals surface area contributed by atoms with Crippen molar-refractivity contribution in [2.45, 2.75) is 13.8 Å². The van der Waals surface area contributed by atoms with Gasteiger partial charge in [0, 0.05) is 17.1 Å². The number of rotatable bonds is 5. The minimum Gasteiger partial charge on any atom is -0.497 e. The molecule has 0 radical (unpaired) electrons. The van der Waals surface area contributed by atoms with Gasteiger partial charge in [-0.15, -0.1) is 0 Å². The average Bonchev–Trinajstić information content (AvgIpc) is 3.14. The van der Waals surface area contributed by atoms with Crippen LogP contribution in [0.4, 0.5) is 5.69 Å². The van der Waals surface area contributed by atoms with E-state index < -0.39 is 17.8 Å². The molecule has 2 amide bonds. The molecule has 9 heteroatoms. The number of aromatic nitrogens is 1. The van der Waals surface area contributed by atoms with Gasteiger partial charge in [0.15, 0.2) is 5.11 Å². The fourth-order valence-electron chi connectivity index (χ4n) is 3.97. The van der Waals surface area contributed by atoms with Crippen LogP contribution in [0.25, 0.3) is 11.8 Å². The zero-order chi connectivity index (χ0) is 25.3. The molecule has 0 bridgehead atoms. The molecular weight excluding hydrogens is 466 g/mol. The van der Waals surface area contributed by atoms with Crippen LogP contribution >= 0.6 is 12.2 Å². The minimum atomic E-state index is -0.558. The molecule has 8 nitrogen and oxygen atoms in total. The van der Waals surface area contributed by atoms with E-state index in [2.05, 4.69) is 5.32 Å². The third-order valence-electron chi connectivity index (χ3n) is 5.75. The number of carbonyl (C=O) groups is 3. The van der Waals surface area contributed by atoms with Crippen molar-refractivity contribution in [3.05, 3.63) is 82.7 Å². The van der Waals surface area contributed by atoms with Gasteiger partial charge in [0.1, 0.15) is 11.3 Å². The lowest BCUT2D eigenvalue weighted by Gasteiger charge is -2.29. The van der Waals surface area contributed by atoms with Crippen molar-refractivity contribution in [1.82, 2.24) is 9.88 Å². The van der Waals surface area contributed by atoms with E-state index in [0.29, 0.717) is 22.6 Å². The van der Waals surface area contributed by atoms with Crippen LogP contribution in [-0.2, 0) is 14.3 Å². The SMILES string of the molecule is COC(=O)c1ccc(-n2c(C)cc(/C=C3/C(=O)NC(=S)N(c4ccc(OC)cc4)C3=O)c2C)cc1. The van der Waals surface area contributed by atoms with Gasteiger partial charge in [-0.05, 0) is 92.3 Å². The number of nitrogens with zero attached hydrogens (tertiary/aromatic N) is 2. The highest BCUT2D eigenvalue weighted by Gasteiger charge is 2.34. The summed E-state index contributed by atoms with van der Waals surface area (Å²) in [5.74, 6) is -0.854. The van der Waals surface area contributed by atoms with Crippen molar-refractivity contribution in [3.8, 4) is 11.4 Å². The molecule has 178 valence electrons. The van der Waals surface area contributed by atoms with Crippen LogP contribution in [0.1, 0.15) is 27.3 Å². The molecule has 1 aromatic heterocycles. The number of thiocarbonyl (C=S) groups is 1. The summed E-state index contributed by atoms with van der Waals surface area (Å²) in [4.78, 5) is 39.1. The maximum Gasteiger partial charge on any atom is 0.337 e. The van der Waals surface area contributed by atoms with Crippen LogP contribution in [0.3, 0.4) is 0 Å². The Labute approximate surface area is 207 Å². The minimum absolute atomic E-state index is 0.0125. The standard InChI is InChI=1S/C26H23N3O5S/c1-15-13-18(16(2)28(15)19-7-5-17(6-8-19)25(32)34-4)14-22-23(30)27-26(35)29(24(22)31)20-9-11-21(33-3)12-10-20/h5-14H,1-4H3,(H,27,30,35)/b22-14-. The van der Waals surface area contributed by atoms with Crippen LogP contribution in [0.15, 0.2) is 60.2 Å². The van der Waals surface area contributed by atoms with Crippen LogP contribution < -0.4 is 15.0 Å². The van der Waals surface area contributed by atoms with E-state index in [1.54, 1.807) is 49.6 Å². The Morgan fingerprint density at radius 2 is 1.60 bits per heavy atom. The second-order valence-electron chi connectivity index (χ2n) is 7.86. The number of amides is 2. The second-order valence-corrected chi connectivity index (χ2v) is 8.24. The Hall–Kier alpha value is -4.24. The van der Waals surface area contributed by atoms with E-state index in [-0.39, 0.29) is 10.7 Å². The van der Waals surface area contributed by atoms with Gasteiger partial charge in [0.25, 0.3) is 11.8 Å². The van der Waals surface area contributed by atoms with E-state index in [0.717, 1.165) is 17.1 Å². The number of hydrogen-bond acceptors (Lipinski definition) is 6. The Bertz CT molecular complexity index is 1370. The molecule has 4 rings (SSSR count). The van der Waals surface area contributed by atoms with E-state index >= 15 is 0 Å². The quantitative estimate of drug-likeness (QED) is 0.254. The molecule has 2 heterocycles. The average molecular weight is 490 g/mol. The second kappa shape index (κ2) is 9.55. The van der Waals surface area contributed by atoms with Gasteiger partial charge in [-0.25, -0.2) is 4.79 Å². The number of carbonyl (C=O) groups excluding carboxylic acids is 3. The lowest BCUT2D eigenvalue weighted by atomic mass is 10.1. The molecule has 1 fully saturated rings. The first-order chi connectivity index (χ1) is 16.7. The van der Waals surface area contributed by atoms with Crippen molar-refractivity contribution in [2.75, 3.05) is 19.1 Å². The van der Waals surface area contributed by atoms with E-state index in [4.69, 9.17) is 21.7 Å². The van der Waals surface area contributed by atoms with Crippen molar-refractivity contribution >= 4 is 46.9 Å². The fourth-order valence-corrected chi connectivity index (χ4v) is 4.26. The molecule has 1 N–H and O–H groups in total. The molecule has 0 aliphatic carbocycles. The Morgan fingerprint density at radius 1 is 0.971 bits per heavy atom. The number of ether oxygens (including phenoxy) is 2. The van der Waals surface area contributed by atoms with Crippen molar-refractivity contribution < 1.29 is 23.9 Å². The lowest BCUT2D eigenvalue weighted by molar-refractivity contribution is -0.122. The van der Waals surface area contributed by atoms with Gasteiger partial charge in [-0.2, -0.15) is 0 Å². The zero-order valence-corrected chi connectivity index (χ0v) is 20.4. The predicted molar refractivity (Wildman–Crippen MR) is 136 cm³/mol. The van der Waals surface area contributed by atoms with Crippen LogP contribution in [0.2, 0.25) is 0 Å². The van der Waals surface area contributed by atoms with E-state index in [9.17, 15) is 14.4 Å². The summed E-state index contributed by atoms with van der Waals surface area (Å²) in [6.07, 6.45) is 1.57. The van der Waals surface area contributed by atoms with Crippen molar-refractivity contribution in [3.63, 3.8) is 0 Å². The zero-order valence-electron chi connectivity index (χ0n) is 19.6. The topological polar surface area (TPSA) is 89.9 Å². The van der Waals surface area contributed by atoms with Gasteiger partial charge in [0.05, 0.1) is 25.5 Å². The molecule has 1 saturated heterocycles. The normalized spacial score (nSPS) is 14.8. The summed E-state index contributed by atoms with van der Waals surface area (Å²) in [6, 6.07) is 15.7. The third kappa shape index (κ3) is 4.45. The maximum atomic E-state index is 13.3. The van der Waals surface area contributed by atoms with E-state index in [1.807, 2.05) is 36.6 Å². The monoisotopic (exact) mass is 489 g/mol. The highest BCUT2D eigenvalue weighted by Crippen LogP contribution is 2.27. The largest absolute Gasteiger partial charge is 0.497 e. The van der Waals surface area contributed by atoms with Crippen LogP contribution in [0.5, 0.6) is 5.75 Å². The number of hydrogen-bond donors (Lipinski definition) is 1. The summed E-state index contributed by atoms with van der Waals surface area (Å²) in [6.45, 7) is 3.81. The molecule has 1 aliphatic rings. The lowest BCUT2D eigenvalue weighted by Crippen LogP contribution is -2.54. The van der Waals surface area contributed by atoms with Gasteiger partial charge in [0.2, 0.25) is 0 Å². The third-order valence-corrected chi connectivity index (χ3v) is 6.03. The Kier molecular flexibility index (Phi) is 6.52.